The van der Waals surface area contributed by atoms with E-state index in [9.17, 15) is 9.59 Å². The van der Waals surface area contributed by atoms with Gasteiger partial charge in [0, 0.05) is 54.9 Å². The van der Waals surface area contributed by atoms with Crippen molar-refractivity contribution in [2.75, 3.05) is 33.8 Å². The summed E-state index contributed by atoms with van der Waals surface area (Å²) in [6.07, 6.45) is 3.59. The first-order valence-electron chi connectivity index (χ1n) is 10.6. The lowest BCUT2D eigenvalue weighted by Crippen LogP contribution is -2.43. The summed E-state index contributed by atoms with van der Waals surface area (Å²) in [6.45, 7) is 1.38. The fourth-order valence-corrected chi connectivity index (χ4v) is 5.45. The number of H-pyrrole nitrogens is 1. The molecule has 32 heavy (non-hydrogen) atoms. The number of morpholine rings is 1. The second-order valence-electron chi connectivity index (χ2n) is 8.14. The summed E-state index contributed by atoms with van der Waals surface area (Å²) in [5.74, 6) is -0.0185. The monoisotopic (exact) mass is 448 g/mol. The zero-order valence-electron chi connectivity index (χ0n) is 18.0. The molecule has 0 bridgehead atoms. The molecule has 7 nitrogen and oxygen atoms in total. The van der Waals surface area contributed by atoms with Crippen LogP contribution in [0.25, 0.3) is 21.1 Å². The van der Waals surface area contributed by atoms with E-state index in [1.165, 1.54) is 11.3 Å². The Labute approximate surface area is 189 Å². The molecule has 1 aliphatic heterocycles. The largest absolute Gasteiger partial charge is 0.370 e. The van der Waals surface area contributed by atoms with Crippen molar-refractivity contribution < 1.29 is 14.3 Å². The summed E-state index contributed by atoms with van der Waals surface area (Å²) in [6, 6.07) is 11.8. The molecule has 2 amide bonds. The molecule has 1 unspecified atom stereocenters. The number of benzene rings is 1. The lowest BCUT2D eigenvalue weighted by Gasteiger charge is -2.33. The van der Waals surface area contributed by atoms with Crippen LogP contribution in [-0.2, 0) is 16.0 Å². The lowest BCUT2D eigenvalue weighted by molar-refractivity contribution is -0.138. The number of hydrogen-bond donors (Lipinski definition) is 1. The van der Waals surface area contributed by atoms with Crippen molar-refractivity contribution in [1.29, 1.82) is 0 Å². The van der Waals surface area contributed by atoms with Crippen molar-refractivity contribution >= 4 is 44.3 Å². The van der Waals surface area contributed by atoms with Gasteiger partial charge < -0.3 is 19.5 Å². The third-order valence-corrected chi connectivity index (χ3v) is 6.98. The van der Waals surface area contributed by atoms with E-state index in [2.05, 4.69) is 9.97 Å². The zero-order valence-corrected chi connectivity index (χ0v) is 18.8. The van der Waals surface area contributed by atoms with Gasteiger partial charge in [-0.05, 0) is 17.7 Å². The number of nitrogens with one attached hydrogen (secondary N) is 1. The third kappa shape index (κ3) is 3.65. The smallest absolute Gasteiger partial charge is 0.263 e. The van der Waals surface area contributed by atoms with Gasteiger partial charge in [-0.2, -0.15) is 0 Å². The van der Waals surface area contributed by atoms with E-state index in [0.717, 1.165) is 32.2 Å². The van der Waals surface area contributed by atoms with Gasteiger partial charge in [-0.25, -0.2) is 4.98 Å². The Kier molecular flexibility index (Phi) is 5.40. The van der Waals surface area contributed by atoms with Crippen LogP contribution in [0, 0.1) is 0 Å². The summed E-state index contributed by atoms with van der Waals surface area (Å²) < 4.78 is 6.09. The topological polar surface area (TPSA) is 78.5 Å². The molecule has 4 aromatic rings. The number of para-hydroxylation sites is 1. The molecule has 0 saturated carbocycles. The Balaban J connectivity index is 1.43. The number of carbonyl (C=O) groups excluding carboxylic acids is 2. The number of aromatic amines is 1. The Morgan fingerprint density at radius 2 is 2.03 bits per heavy atom. The second kappa shape index (κ2) is 8.37. The highest BCUT2D eigenvalue weighted by Gasteiger charge is 2.32. The number of hydrogen-bond acceptors (Lipinski definition) is 5. The fraction of sp³-hybridized carbons (Fsp3) is 0.292. The highest BCUT2D eigenvalue weighted by Crippen LogP contribution is 2.38. The SMILES string of the molecule is CN(C)C(=O)c1sc2ncccc2c1C1CN(C(=O)Cc2c[nH]c3ccccc23)CCO1. The van der Waals surface area contributed by atoms with Crippen LogP contribution in [0.3, 0.4) is 0 Å². The number of pyridine rings is 1. The second-order valence-corrected chi connectivity index (χ2v) is 9.14. The molecular weight excluding hydrogens is 424 g/mol. The van der Waals surface area contributed by atoms with E-state index in [1.54, 1.807) is 25.2 Å². The van der Waals surface area contributed by atoms with Crippen LogP contribution in [0.4, 0.5) is 0 Å². The van der Waals surface area contributed by atoms with E-state index in [0.29, 0.717) is 31.0 Å². The van der Waals surface area contributed by atoms with Crippen LogP contribution in [-0.4, -0.2) is 65.4 Å². The first-order valence-corrected chi connectivity index (χ1v) is 11.4. The molecule has 1 aromatic carbocycles. The van der Waals surface area contributed by atoms with Crippen molar-refractivity contribution in [3.05, 3.63) is 64.8 Å². The number of fused-ring (bicyclic) bond motifs is 2. The minimum atomic E-state index is -0.368. The number of nitrogens with zero attached hydrogens (tertiary/aromatic N) is 3. The summed E-state index contributed by atoms with van der Waals surface area (Å²) in [7, 11) is 3.48. The number of carbonyl (C=O) groups is 2. The van der Waals surface area contributed by atoms with Gasteiger partial charge in [0.2, 0.25) is 5.91 Å². The molecule has 5 rings (SSSR count). The molecule has 1 saturated heterocycles. The van der Waals surface area contributed by atoms with Gasteiger partial charge in [-0.15, -0.1) is 11.3 Å². The highest BCUT2D eigenvalue weighted by molar-refractivity contribution is 7.20. The predicted octanol–water partition coefficient (Wildman–Crippen LogP) is 3.62. The highest BCUT2D eigenvalue weighted by atomic mass is 32.1. The summed E-state index contributed by atoms with van der Waals surface area (Å²) in [4.78, 5) is 38.6. The number of ether oxygens (including phenoxy) is 1. The fourth-order valence-electron chi connectivity index (χ4n) is 4.24. The predicted molar refractivity (Wildman–Crippen MR) is 125 cm³/mol. The van der Waals surface area contributed by atoms with Crippen molar-refractivity contribution in [3.8, 4) is 0 Å². The molecule has 164 valence electrons. The average Bonchev–Trinajstić information content (AvgIpc) is 3.40. The standard InChI is InChI=1S/C24H24N4O3S/c1-27(2)24(30)22-21(17-7-5-9-25-23(17)32-22)19-14-28(10-11-31-19)20(29)12-15-13-26-18-8-4-3-6-16(15)18/h3-9,13,19,26H,10-12,14H2,1-2H3. The van der Waals surface area contributed by atoms with Gasteiger partial charge in [0.25, 0.3) is 5.91 Å². The van der Waals surface area contributed by atoms with Gasteiger partial charge in [-0.3, -0.25) is 9.59 Å². The van der Waals surface area contributed by atoms with Crippen molar-refractivity contribution in [3.63, 3.8) is 0 Å². The minimum absolute atomic E-state index is 0.0567. The van der Waals surface area contributed by atoms with Crippen LogP contribution >= 0.6 is 11.3 Å². The Bertz CT molecular complexity index is 1310. The minimum Gasteiger partial charge on any atom is -0.370 e. The van der Waals surface area contributed by atoms with Crippen LogP contribution < -0.4 is 0 Å². The van der Waals surface area contributed by atoms with Crippen LogP contribution in [0.5, 0.6) is 0 Å². The first kappa shape index (κ1) is 20.7. The molecule has 0 spiro atoms. The van der Waals surface area contributed by atoms with E-state index in [4.69, 9.17) is 4.74 Å². The Morgan fingerprint density at radius 3 is 2.88 bits per heavy atom. The molecule has 8 heteroatoms. The Morgan fingerprint density at radius 1 is 1.22 bits per heavy atom. The van der Waals surface area contributed by atoms with E-state index in [-0.39, 0.29) is 17.9 Å². The van der Waals surface area contributed by atoms with Gasteiger partial charge in [0.05, 0.1) is 19.6 Å². The van der Waals surface area contributed by atoms with Gasteiger partial charge >= 0.3 is 0 Å². The molecule has 1 aliphatic rings. The molecular formula is C24H24N4O3S. The van der Waals surface area contributed by atoms with Crippen molar-refractivity contribution in [2.24, 2.45) is 0 Å². The van der Waals surface area contributed by atoms with E-state index >= 15 is 0 Å². The molecule has 1 fully saturated rings. The van der Waals surface area contributed by atoms with E-state index < -0.39 is 0 Å². The van der Waals surface area contributed by atoms with Gasteiger partial charge in [-0.1, -0.05) is 24.3 Å². The zero-order chi connectivity index (χ0) is 22.2. The maximum Gasteiger partial charge on any atom is 0.263 e. The molecule has 1 atom stereocenters. The third-order valence-electron chi connectivity index (χ3n) is 5.86. The van der Waals surface area contributed by atoms with Crippen LogP contribution in [0.15, 0.2) is 48.8 Å². The van der Waals surface area contributed by atoms with Gasteiger partial charge in [0.1, 0.15) is 15.8 Å². The number of thiophene rings is 1. The average molecular weight is 449 g/mol. The van der Waals surface area contributed by atoms with Crippen molar-refractivity contribution in [1.82, 2.24) is 19.8 Å². The number of aromatic nitrogens is 2. The first-order chi connectivity index (χ1) is 15.5. The normalized spacial score (nSPS) is 16.6. The Hall–Kier alpha value is -3.23. The summed E-state index contributed by atoms with van der Waals surface area (Å²) in [5, 5.41) is 1.98. The van der Waals surface area contributed by atoms with E-state index in [1.807, 2.05) is 47.5 Å². The lowest BCUT2D eigenvalue weighted by atomic mass is 10.0. The maximum absolute atomic E-state index is 13.2. The molecule has 4 heterocycles. The summed E-state index contributed by atoms with van der Waals surface area (Å²) >= 11 is 1.38. The van der Waals surface area contributed by atoms with Gasteiger partial charge in [0.15, 0.2) is 0 Å². The number of amides is 2. The molecule has 0 aliphatic carbocycles. The summed E-state index contributed by atoms with van der Waals surface area (Å²) in [5.41, 5.74) is 2.85. The molecule has 3 aromatic heterocycles. The molecule has 0 radical (unpaired) electrons. The van der Waals surface area contributed by atoms with Crippen LogP contribution in [0.2, 0.25) is 0 Å². The maximum atomic E-state index is 13.2. The van der Waals surface area contributed by atoms with Crippen LogP contribution in [0.1, 0.15) is 26.9 Å². The van der Waals surface area contributed by atoms with Crippen molar-refractivity contribution in [2.45, 2.75) is 12.5 Å². The number of rotatable bonds is 4. The molecule has 1 N–H and O–H groups in total. The quantitative estimate of drug-likeness (QED) is 0.517.